The first-order valence-electron chi connectivity index (χ1n) is 8.31. The number of nitrogens with zero attached hydrogens (tertiary/aromatic N) is 3. The predicted octanol–water partition coefficient (Wildman–Crippen LogP) is 1.37. The molecule has 5 unspecified atom stereocenters. The second kappa shape index (κ2) is 6.61. The standard InChI is InChI=1S/C18H17F2N3O4/c1-8-12-11(20)6-23(17(12)22-7-21-8)18-15(26)14(25)16(27-18)13(24)9-2-4-10(19)5-3-9/h2-7,13-16,18,24-26H,1H3. The summed E-state index contributed by atoms with van der Waals surface area (Å²) in [4.78, 5) is 7.98. The summed E-state index contributed by atoms with van der Waals surface area (Å²) in [5, 5.41) is 31.5. The molecule has 1 aliphatic heterocycles. The first kappa shape index (κ1) is 17.9. The molecule has 0 aliphatic carbocycles. The van der Waals surface area contributed by atoms with E-state index < -0.39 is 42.3 Å². The van der Waals surface area contributed by atoms with Crippen molar-refractivity contribution in [2.24, 2.45) is 0 Å². The maximum absolute atomic E-state index is 14.3. The Morgan fingerprint density at radius 3 is 2.52 bits per heavy atom. The van der Waals surface area contributed by atoms with Gasteiger partial charge in [-0.3, -0.25) is 0 Å². The summed E-state index contributed by atoms with van der Waals surface area (Å²) in [6.07, 6.45) is -4.19. The molecule has 1 saturated heterocycles. The van der Waals surface area contributed by atoms with E-state index in [4.69, 9.17) is 4.74 Å². The lowest BCUT2D eigenvalue weighted by Gasteiger charge is -2.21. The average Bonchev–Trinajstić information content (AvgIpc) is 3.13. The van der Waals surface area contributed by atoms with E-state index in [1.165, 1.54) is 35.2 Å². The quantitative estimate of drug-likeness (QED) is 0.638. The van der Waals surface area contributed by atoms with Gasteiger partial charge in [-0.15, -0.1) is 0 Å². The molecule has 3 aromatic rings. The highest BCUT2D eigenvalue weighted by Gasteiger charge is 2.47. The van der Waals surface area contributed by atoms with Gasteiger partial charge in [-0.25, -0.2) is 18.7 Å². The number of aliphatic hydroxyl groups excluding tert-OH is 3. The molecule has 1 fully saturated rings. The molecule has 0 saturated carbocycles. The Kier molecular flexibility index (Phi) is 4.39. The van der Waals surface area contributed by atoms with Crippen LogP contribution in [0.3, 0.4) is 0 Å². The number of rotatable bonds is 3. The first-order chi connectivity index (χ1) is 12.9. The summed E-state index contributed by atoms with van der Waals surface area (Å²) in [5.41, 5.74) is 0.940. The van der Waals surface area contributed by atoms with Crippen LogP contribution in [0.25, 0.3) is 11.0 Å². The van der Waals surface area contributed by atoms with E-state index >= 15 is 0 Å². The highest BCUT2D eigenvalue weighted by molar-refractivity contribution is 5.79. The Morgan fingerprint density at radius 1 is 1.11 bits per heavy atom. The summed E-state index contributed by atoms with van der Waals surface area (Å²) in [7, 11) is 0. The van der Waals surface area contributed by atoms with Gasteiger partial charge in [0.1, 0.15) is 42.2 Å². The van der Waals surface area contributed by atoms with Crippen molar-refractivity contribution in [3.8, 4) is 0 Å². The van der Waals surface area contributed by atoms with Crippen molar-refractivity contribution in [2.45, 2.75) is 37.6 Å². The van der Waals surface area contributed by atoms with Crippen LogP contribution in [0, 0.1) is 18.6 Å². The second-order valence-corrected chi connectivity index (χ2v) is 6.51. The third kappa shape index (κ3) is 2.88. The van der Waals surface area contributed by atoms with Crippen molar-refractivity contribution >= 4 is 11.0 Å². The van der Waals surface area contributed by atoms with Crippen LogP contribution in [0.1, 0.15) is 23.6 Å². The van der Waals surface area contributed by atoms with E-state index in [-0.39, 0.29) is 11.0 Å². The van der Waals surface area contributed by atoms with E-state index in [0.717, 1.165) is 6.20 Å². The largest absolute Gasteiger partial charge is 0.387 e. The number of aryl methyl sites for hydroxylation is 1. The summed E-state index contributed by atoms with van der Waals surface area (Å²) in [5.74, 6) is -1.06. The van der Waals surface area contributed by atoms with Crippen LogP contribution in [0.2, 0.25) is 0 Å². The Balaban J connectivity index is 1.68. The molecule has 4 rings (SSSR count). The molecule has 0 bridgehead atoms. The second-order valence-electron chi connectivity index (χ2n) is 6.51. The normalized spacial score (nSPS) is 26.6. The first-order valence-corrected chi connectivity index (χ1v) is 8.31. The molecule has 142 valence electrons. The van der Waals surface area contributed by atoms with Crippen molar-refractivity contribution in [3.05, 3.63) is 59.7 Å². The molecule has 3 heterocycles. The molecular weight excluding hydrogens is 360 g/mol. The van der Waals surface area contributed by atoms with Crippen molar-refractivity contribution in [3.63, 3.8) is 0 Å². The zero-order valence-corrected chi connectivity index (χ0v) is 14.2. The topological polar surface area (TPSA) is 101 Å². The maximum Gasteiger partial charge on any atom is 0.164 e. The minimum atomic E-state index is -1.45. The lowest BCUT2D eigenvalue weighted by Crippen LogP contribution is -2.34. The van der Waals surface area contributed by atoms with E-state index in [1.807, 2.05) is 0 Å². The van der Waals surface area contributed by atoms with Crippen LogP contribution in [-0.2, 0) is 4.74 Å². The van der Waals surface area contributed by atoms with E-state index in [1.54, 1.807) is 6.92 Å². The minimum absolute atomic E-state index is 0.185. The molecule has 0 spiro atoms. The Labute approximate surface area is 152 Å². The molecule has 5 atom stereocenters. The summed E-state index contributed by atoms with van der Waals surface area (Å²) < 4.78 is 34.3. The third-order valence-corrected chi connectivity index (χ3v) is 4.82. The lowest BCUT2D eigenvalue weighted by molar-refractivity contribution is -0.0849. The lowest BCUT2D eigenvalue weighted by atomic mass is 9.99. The number of hydrogen-bond acceptors (Lipinski definition) is 6. The van der Waals surface area contributed by atoms with Crippen LogP contribution < -0.4 is 0 Å². The van der Waals surface area contributed by atoms with E-state index in [0.29, 0.717) is 11.3 Å². The van der Waals surface area contributed by atoms with E-state index in [2.05, 4.69) is 9.97 Å². The van der Waals surface area contributed by atoms with Crippen molar-refractivity contribution in [2.75, 3.05) is 0 Å². The molecule has 0 radical (unpaired) electrons. The molecule has 1 aromatic carbocycles. The number of aromatic nitrogens is 3. The number of fused-ring (bicyclic) bond motifs is 1. The number of ether oxygens (including phenoxy) is 1. The Morgan fingerprint density at radius 2 is 1.81 bits per heavy atom. The predicted molar refractivity (Wildman–Crippen MR) is 89.5 cm³/mol. The van der Waals surface area contributed by atoms with Crippen LogP contribution in [0.15, 0.2) is 36.8 Å². The van der Waals surface area contributed by atoms with Crippen molar-refractivity contribution in [1.29, 1.82) is 0 Å². The van der Waals surface area contributed by atoms with Gasteiger partial charge in [0.05, 0.1) is 11.1 Å². The van der Waals surface area contributed by atoms with Crippen molar-refractivity contribution < 1.29 is 28.8 Å². The highest BCUT2D eigenvalue weighted by atomic mass is 19.1. The van der Waals surface area contributed by atoms with Crippen molar-refractivity contribution in [1.82, 2.24) is 14.5 Å². The van der Waals surface area contributed by atoms with Crippen LogP contribution in [0.5, 0.6) is 0 Å². The zero-order valence-electron chi connectivity index (χ0n) is 14.2. The molecule has 27 heavy (non-hydrogen) atoms. The fraction of sp³-hybridized carbons (Fsp3) is 0.333. The van der Waals surface area contributed by atoms with Crippen LogP contribution >= 0.6 is 0 Å². The Hall–Kier alpha value is -2.46. The molecule has 0 amide bonds. The van der Waals surface area contributed by atoms with Gasteiger partial charge in [-0.05, 0) is 24.6 Å². The maximum atomic E-state index is 14.3. The van der Waals surface area contributed by atoms with Gasteiger partial charge in [-0.2, -0.15) is 0 Å². The molecule has 1 aliphatic rings. The average molecular weight is 377 g/mol. The molecule has 7 nitrogen and oxygen atoms in total. The van der Waals surface area contributed by atoms with Gasteiger partial charge < -0.3 is 24.6 Å². The summed E-state index contributed by atoms with van der Waals surface area (Å²) >= 11 is 0. The number of hydrogen-bond donors (Lipinski definition) is 3. The molecule has 9 heteroatoms. The minimum Gasteiger partial charge on any atom is -0.387 e. The molecular formula is C18H17F2N3O4. The van der Waals surface area contributed by atoms with Gasteiger partial charge in [-0.1, -0.05) is 12.1 Å². The monoisotopic (exact) mass is 377 g/mol. The third-order valence-electron chi connectivity index (χ3n) is 4.82. The van der Waals surface area contributed by atoms with Gasteiger partial charge >= 0.3 is 0 Å². The number of benzene rings is 1. The SMILES string of the molecule is Cc1ncnc2c1c(F)cn2C1OC(C(O)c2ccc(F)cc2)C(O)C1O. The van der Waals surface area contributed by atoms with Crippen LogP contribution in [-0.4, -0.2) is 48.2 Å². The van der Waals surface area contributed by atoms with Crippen LogP contribution in [0.4, 0.5) is 8.78 Å². The van der Waals surface area contributed by atoms with Gasteiger partial charge in [0, 0.05) is 6.20 Å². The highest BCUT2D eigenvalue weighted by Crippen LogP contribution is 2.38. The smallest absolute Gasteiger partial charge is 0.164 e. The van der Waals surface area contributed by atoms with Gasteiger partial charge in [0.25, 0.3) is 0 Å². The Bertz CT molecular complexity index is 979. The fourth-order valence-corrected chi connectivity index (χ4v) is 3.40. The summed E-state index contributed by atoms with van der Waals surface area (Å²) in [6.45, 7) is 1.62. The number of aliphatic hydroxyl groups is 3. The van der Waals surface area contributed by atoms with Gasteiger partial charge in [0.2, 0.25) is 0 Å². The number of halogens is 2. The van der Waals surface area contributed by atoms with Gasteiger partial charge in [0.15, 0.2) is 12.0 Å². The zero-order chi connectivity index (χ0) is 19.3. The molecule has 2 aromatic heterocycles. The van der Waals surface area contributed by atoms with E-state index in [9.17, 15) is 24.1 Å². The molecule has 3 N–H and O–H groups in total. The summed E-state index contributed by atoms with van der Waals surface area (Å²) in [6, 6.07) is 5.05. The fourth-order valence-electron chi connectivity index (χ4n) is 3.40.